The van der Waals surface area contributed by atoms with E-state index in [1.807, 2.05) is 0 Å². The Bertz CT molecular complexity index is 3270. The van der Waals surface area contributed by atoms with Gasteiger partial charge in [0.2, 0.25) is 0 Å². The predicted octanol–water partition coefficient (Wildman–Crippen LogP) is 12.2. The van der Waals surface area contributed by atoms with Crippen molar-refractivity contribution < 1.29 is 0 Å². The molecule has 0 spiro atoms. The molecule has 0 saturated heterocycles. The summed E-state index contributed by atoms with van der Waals surface area (Å²) in [4.78, 5) is 0. The van der Waals surface area contributed by atoms with E-state index in [2.05, 4.69) is 265 Å². The average Bonchev–Trinajstić information content (AvgIpc) is 3.86. The van der Waals surface area contributed by atoms with E-state index in [-0.39, 0.29) is 0 Å². The quantitative estimate of drug-likeness (QED) is 0.106. The van der Waals surface area contributed by atoms with E-state index in [1.54, 1.807) is 0 Å². The third-order valence-electron chi connectivity index (χ3n) is 13.7. The van der Waals surface area contributed by atoms with Gasteiger partial charge in [-0.15, -0.1) is 0 Å². The van der Waals surface area contributed by atoms with E-state index in [0.717, 1.165) is 5.69 Å². The van der Waals surface area contributed by atoms with E-state index in [1.165, 1.54) is 87.1 Å². The van der Waals surface area contributed by atoms with Crippen molar-refractivity contribution in [3.05, 3.63) is 283 Å². The van der Waals surface area contributed by atoms with Gasteiger partial charge in [0.15, 0.2) is 8.07 Å². The van der Waals surface area contributed by atoms with Crippen molar-refractivity contribution in [1.29, 1.82) is 0 Å². The van der Waals surface area contributed by atoms with Crippen LogP contribution in [0.3, 0.4) is 0 Å². The molecule has 12 rings (SSSR count). The second-order valence-electron chi connectivity index (χ2n) is 16.8. The van der Waals surface area contributed by atoms with Crippen LogP contribution in [0.15, 0.2) is 261 Å². The molecular weight excluding hydrogens is 775 g/mol. The summed E-state index contributed by atoms with van der Waals surface area (Å²) in [5.74, 6) is 0. The molecule has 0 atom stereocenters. The van der Waals surface area contributed by atoms with Gasteiger partial charge in [0.1, 0.15) is 0 Å². The summed E-state index contributed by atoms with van der Waals surface area (Å²) in [7, 11) is -2.72. The largest absolute Gasteiger partial charge is 0.309 e. The zero-order chi connectivity index (χ0) is 41.8. The van der Waals surface area contributed by atoms with Crippen LogP contribution in [0, 0.1) is 0 Å². The van der Waals surface area contributed by atoms with Crippen LogP contribution < -0.4 is 20.7 Å². The van der Waals surface area contributed by atoms with Crippen LogP contribution >= 0.6 is 0 Å². The van der Waals surface area contributed by atoms with Crippen molar-refractivity contribution in [2.75, 3.05) is 0 Å². The van der Waals surface area contributed by atoms with Gasteiger partial charge < -0.3 is 4.57 Å². The van der Waals surface area contributed by atoms with E-state index in [4.69, 9.17) is 0 Å². The topological polar surface area (TPSA) is 4.93 Å². The van der Waals surface area contributed by atoms with Gasteiger partial charge in [-0.2, -0.15) is 0 Å². The van der Waals surface area contributed by atoms with Crippen LogP contribution in [0.2, 0.25) is 0 Å². The molecule has 0 saturated carbocycles. The first kappa shape index (κ1) is 37.0. The normalized spacial score (nSPS) is 12.9. The molecule has 1 aromatic heterocycles. The molecule has 63 heavy (non-hydrogen) atoms. The number of rotatable bonds is 8. The van der Waals surface area contributed by atoms with Crippen LogP contribution in [0.25, 0.3) is 49.7 Å². The number of para-hydroxylation sites is 1. The third-order valence-corrected chi connectivity index (χ3v) is 18.5. The maximum Gasteiger partial charge on any atom is 0.179 e. The number of hydrogen-bond acceptors (Lipinski definition) is 0. The highest BCUT2D eigenvalue weighted by molar-refractivity contribution is 7.19. The second-order valence-corrected chi connectivity index (χ2v) is 20.6. The monoisotopic (exact) mass is 817 g/mol. The Morgan fingerprint density at radius 2 is 0.730 bits per heavy atom. The van der Waals surface area contributed by atoms with Gasteiger partial charge in [-0.05, 0) is 95.6 Å². The molecule has 0 bridgehead atoms. The molecule has 10 aromatic carbocycles. The van der Waals surface area contributed by atoms with Gasteiger partial charge >= 0.3 is 0 Å². The first-order chi connectivity index (χ1) is 31.3. The molecule has 1 heterocycles. The van der Waals surface area contributed by atoms with E-state index in [0.29, 0.717) is 0 Å². The molecule has 1 aliphatic rings. The maximum atomic E-state index is 2.45. The molecular formula is C61H43NSi. The van der Waals surface area contributed by atoms with E-state index >= 15 is 0 Å². The van der Waals surface area contributed by atoms with Gasteiger partial charge in [-0.3, -0.25) is 0 Å². The van der Waals surface area contributed by atoms with E-state index in [9.17, 15) is 0 Å². The number of benzene rings is 10. The van der Waals surface area contributed by atoms with Gasteiger partial charge in [-0.1, -0.05) is 231 Å². The van der Waals surface area contributed by atoms with Crippen LogP contribution in [0.1, 0.15) is 22.3 Å². The summed E-state index contributed by atoms with van der Waals surface area (Å²) in [5, 5.41) is 8.00. The molecule has 0 aliphatic heterocycles. The molecule has 0 radical (unpaired) electrons. The zero-order valence-corrected chi connectivity index (χ0v) is 35.8. The minimum absolute atomic E-state index is 0.536. The van der Waals surface area contributed by atoms with Crippen molar-refractivity contribution in [1.82, 2.24) is 4.57 Å². The van der Waals surface area contributed by atoms with Crippen LogP contribution in [-0.2, 0) is 5.41 Å². The smallest absolute Gasteiger partial charge is 0.179 e. The highest BCUT2D eigenvalue weighted by atomic mass is 28.3. The van der Waals surface area contributed by atoms with Crippen molar-refractivity contribution >= 4 is 50.6 Å². The molecule has 0 N–H and O–H groups in total. The van der Waals surface area contributed by atoms with Gasteiger partial charge in [0.25, 0.3) is 0 Å². The fraction of sp³-hybridized carbons (Fsp3) is 0.0164. The van der Waals surface area contributed by atoms with Crippen molar-refractivity contribution in [2.24, 2.45) is 0 Å². The van der Waals surface area contributed by atoms with Crippen molar-refractivity contribution in [3.63, 3.8) is 0 Å². The Morgan fingerprint density at radius 3 is 1.29 bits per heavy atom. The fourth-order valence-corrected chi connectivity index (χ4v) is 15.7. The standard InChI is InChI=1S/C61H43NSi/c1-5-19-44(20-6-1)45-33-42-60-56(43-45)55-29-15-18-32-59(55)62(60)48-38-34-46(35-39-48)61(57-30-16-13-27-53(57)54-28-14-17-31-58(54)61)47-36-40-52(41-37-47)63(49-21-7-2-8-22-49,50-23-9-3-10-24-50)51-25-11-4-12-26-51/h1-43H. The second kappa shape index (κ2) is 15.0. The lowest BCUT2D eigenvalue weighted by Gasteiger charge is -2.36. The minimum atomic E-state index is -2.72. The summed E-state index contributed by atoms with van der Waals surface area (Å²) in [6.45, 7) is 0. The SMILES string of the molecule is c1ccc(-c2ccc3c(c2)c2ccccc2n3-c2ccc(C3(c4ccc([Si](c5ccccc5)(c5ccccc5)c5ccccc5)cc4)c4ccccc4-c4ccccc43)cc2)cc1. The molecule has 1 nitrogen and oxygen atoms in total. The van der Waals surface area contributed by atoms with Crippen LogP contribution in [-0.4, -0.2) is 12.6 Å². The summed E-state index contributed by atoms with van der Waals surface area (Å²) in [6, 6.07) is 97.4. The summed E-state index contributed by atoms with van der Waals surface area (Å²) >= 11 is 0. The molecule has 1 aliphatic carbocycles. The maximum absolute atomic E-state index is 2.72. The summed E-state index contributed by atoms with van der Waals surface area (Å²) in [6.07, 6.45) is 0. The molecule has 0 unspecified atom stereocenters. The average molecular weight is 818 g/mol. The lowest BCUT2D eigenvalue weighted by atomic mass is 9.68. The molecule has 0 fully saturated rings. The first-order valence-electron chi connectivity index (χ1n) is 21.9. The van der Waals surface area contributed by atoms with Gasteiger partial charge in [0.05, 0.1) is 16.4 Å². The number of fused-ring (bicyclic) bond motifs is 6. The molecule has 11 aromatic rings. The van der Waals surface area contributed by atoms with Crippen molar-refractivity contribution in [2.45, 2.75) is 5.41 Å². The number of nitrogens with zero attached hydrogens (tertiary/aromatic N) is 1. The van der Waals surface area contributed by atoms with E-state index < -0.39 is 13.5 Å². The fourth-order valence-electron chi connectivity index (χ4n) is 11.0. The lowest BCUT2D eigenvalue weighted by Crippen LogP contribution is -2.74. The molecule has 296 valence electrons. The molecule has 2 heteroatoms. The van der Waals surface area contributed by atoms with Gasteiger partial charge in [0, 0.05) is 16.5 Å². The zero-order valence-electron chi connectivity index (χ0n) is 34.8. The highest BCUT2D eigenvalue weighted by Gasteiger charge is 2.47. The Morgan fingerprint density at radius 1 is 0.302 bits per heavy atom. The number of hydrogen-bond donors (Lipinski definition) is 0. The number of aromatic nitrogens is 1. The predicted molar refractivity (Wildman–Crippen MR) is 267 cm³/mol. The third kappa shape index (κ3) is 5.62. The lowest BCUT2D eigenvalue weighted by molar-refractivity contribution is 0.768. The summed E-state index contributed by atoms with van der Waals surface area (Å²) in [5.41, 5.74) is 13.2. The Hall–Kier alpha value is -7.78. The Balaban J connectivity index is 1.06. The van der Waals surface area contributed by atoms with Crippen LogP contribution in [0.4, 0.5) is 0 Å². The van der Waals surface area contributed by atoms with Crippen LogP contribution in [0.5, 0.6) is 0 Å². The summed E-state index contributed by atoms with van der Waals surface area (Å²) < 4.78 is 2.43. The Labute approximate surface area is 369 Å². The molecule has 0 amide bonds. The first-order valence-corrected chi connectivity index (χ1v) is 23.9. The minimum Gasteiger partial charge on any atom is -0.309 e. The highest BCUT2D eigenvalue weighted by Crippen LogP contribution is 2.56. The van der Waals surface area contributed by atoms with Crippen molar-refractivity contribution in [3.8, 4) is 27.9 Å². The Kier molecular flexibility index (Phi) is 8.81. The van der Waals surface area contributed by atoms with Gasteiger partial charge in [-0.25, -0.2) is 0 Å².